The highest BCUT2D eigenvalue weighted by molar-refractivity contribution is 7.15. The highest BCUT2D eigenvalue weighted by atomic mass is 32.1. The molecule has 0 spiro atoms. The number of hydrogen-bond acceptors (Lipinski definition) is 9. The number of hydrogen-bond donors (Lipinski definition) is 0. The van der Waals surface area contributed by atoms with Gasteiger partial charge in [-0.2, -0.15) is 19.7 Å². The van der Waals surface area contributed by atoms with Gasteiger partial charge in [0.25, 0.3) is 11.1 Å². The first kappa shape index (κ1) is 26.7. The third-order valence-corrected chi connectivity index (χ3v) is 7.60. The Morgan fingerprint density at radius 3 is 2.50 bits per heavy atom. The van der Waals surface area contributed by atoms with E-state index in [2.05, 4.69) is 10.1 Å². The maximum absolute atomic E-state index is 13.4. The van der Waals surface area contributed by atoms with Gasteiger partial charge in [-0.3, -0.25) is 19.7 Å². The molecule has 42 heavy (non-hydrogen) atoms. The van der Waals surface area contributed by atoms with Gasteiger partial charge in [0.2, 0.25) is 4.96 Å². The Hall–Kier alpha value is -5.49. The van der Waals surface area contributed by atoms with Gasteiger partial charge in [-0.1, -0.05) is 59.4 Å². The van der Waals surface area contributed by atoms with Crippen molar-refractivity contribution in [3.8, 4) is 22.7 Å². The van der Waals surface area contributed by atoms with Gasteiger partial charge < -0.3 is 4.74 Å². The minimum atomic E-state index is -0.523. The van der Waals surface area contributed by atoms with Gasteiger partial charge in [0.05, 0.1) is 22.3 Å². The van der Waals surface area contributed by atoms with Crippen LogP contribution in [0.4, 0.5) is 5.69 Å². The molecule has 3 heterocycles. The smallest absolute Gasteiger partial charge is 0.311 e. The largest absolute Gasteiger partial charge is 0.490 e. The fraction of sp³-hybridized carbons (Fsp3) is 0.100. The molecule has 0 unspecified atom stereocenters. The minimum Gasteiger partial charge on any atom is -0.490 e. The Labute approximate surface area is 241 Å². The van der Waals surface area contributed by atoms with Gasteiger partial charge in [0.1, 0.15) is 11.4 Å². The zero-order valence-electron chi connectivity index (χ0n) is 22.4. The molecule has 0 aliphatic carbocycles. The molecular formula is C30H22N6O5S. The summed E-state index contributed by atoms with van der Waals surface area (Å²) in [4.78, 5) is 41.7. The van der Waals surface area contributed by atoms with E-state index in [1.165, 1.54) is 19.2 Å². The summed E-state index contributed by atoms with van der Waals surface area (Å²) in [5, 5.41) is 20.8. The van der Waals surface area contributed by atoms with E-state index in [4.69, 9.17) is 9.84 Å². The molecule has 0 saturated heterocycles. The summed E-state index contributed by atoms with van der Waals surface area (Å²) in [7, 11) is 1.36. The zero-order chi connectivity index (χ0) is 29.4. The molecule has 0 N–H and O–H groups in total. The van der Waals surface area contributed by atoms with Gasteiger partial charge in [0.15, 0.2) is 5.75 Å². The number of fused-ring (bicyclic) bond motifs is 1. The first-order valence-electron chi connectivity index (χ1n) is 12.8. The highest BCUT2D eigenvalue weighted by Gasteiger charge is 2.20. The van der Waals surface area contributed by atoms with Crippen LogP contribution in [0.2, 0.25) is 0 Å². The van der Waals surface area contributed by atoms with E-state index in [0.29, 0.717) is 16.8 Å². The lowest BCUT2D eigenvalue weighted by atomic mass is 10.1. The molecule has 0 radical (unpaired) electrons. The molecule has 3 aromatic heterocycles. The Morgan fingerprint density at radius 2 is 1.79 bits per heavy atom. The molecule has 0 aliphatic heterocycles. The topological polar surface area (TPSA) is 135 Å². The fourth-order valence-electron chi connectivity index (χ4n) is 4.50. The highest BCUT2D eigenvalue weighted by Crippen LogP contribution is 2.33. The number of ether oxygens (including phenoxy) is 1. The standard InChI is InChI=1S/C30H22N6O5S/c1-18-8-10-19(11-9-18)14-23-28(37)31-30-35(32-23)29(38)26(42-30)16-21-17-34(22-6-4-3-5-7-22)33-27(21)20-12-13-25(41-2)24(15-20)36(39)40/h3-13,15-17H,14H2,1-2H3/b26-16-. The summed E-state index contributed by atoms with van der Waals surface area (Å²) in [6.07, 6.45) is 3.61. The second-order valence-electron chi connectivity index (χ2n) is 9.49. The molecule has 0 fully saturated rings. The molecule has 0 amide bonds. The zero-order valence-corrected chi connectivity index (χ0v) is 23.2. The predicted octanol–water partition coefficient (Wildman–Crippen LogP) is 3.73. The Kier molecular flexibility index (Phi) is 6.88. The number of nitro benzene ring substituents is 1. The molecule has 11 nitrogen and oxygen atoms in total. The van der Waals surface area contributed by atoms with E-state index in [0.717, 1.165) is 32.7 Å². The van der Waals surface area contributed by atoms with Crippen LogP contribution in [0.25, 0.3) is 28.0 Å². The van der Waals surface area contributed by atoms with Crippen molar-refractivity contribution in [3.63, 3.8) is 0 Å². The van der Waals surface area contributed by atoms with Crippen molar-refractivity contribution in [1.29, 1.82) is 0 Å². The lowest BCUT2D eigenvalue weighted by Crippen LogP contribution is -2.28. The normalized spacial score (nSPS) is 11.7. The summed E-state index contributed by atoms with van der Waals surface area (Å²) in [6.45, 7) is 1.97. The van der Waals surface area contributed by atoms with Crippen LogP contribution in [0.5, 0.6) is 5.75 Å². The number of rotatable bonds is 7. The average Bonchev–Trinajstić information content (AvgIpc) is 3.55. The monoisotopic (exact) mass is 578 g/mol. The van der Waals surface area contributed by atoms with E-state index < -0.39 is 16.0 Å². The SMILES string of the molecule is COc1ccc(-c2nn(-c3ccccc3)cc2/C=c2\sc3nc(=O)c(Cc4ccc(C)cc4)nn3c2=O)cc1[N+](=O)[O-]. The van der Waals surface area contributed by atoms with Crippen molar-refractivity contribution in [1.82, 2.24) is 24.4 Å². The number of nitro groups is 1. The number of thiazole rings is 1. The van der Waals surface area contributed by atoms with Crippen LogP contribution in [0.15, 0.2) is 88.6 Å². The van der Waals surface area contributed by atoms with Crippen LogP contribution in [0, 0.1) is 17.0 Å². The number of aryl methyl sites for hydroxylation is 1. The summed E-state index contributed by atoms with van der Waals surface area (Å²) in [5.41, 5.74) is 3.16. The van der Waals surface area contributed by atoms with Crippen LogP contribution in [0.1, 0.15) is 22.4 Å². The van der Waals surface area contributed by atoms with Crippen molar-refractivity contribution >= 4 is 28.1 Å². The molecular weight excluding hydrogens is 556 g/mol. The molecule has 3 aromatic carbocycles. The molecule has 0 saturated carbocycles. The third kappa shape index (κ3) is 5.06. The molecule has 0 aliphatic rings. The molecule has 6 aromatic rings. The number of aromatic nitrogens is 5. The first-order valence-corrected chi connectivity index (χ1v) is 13.6. The minimum absolute atomic E-state index is 0.117. The fourth-order valence-corrected chi connectivity index (χ4v) is 5.40. The molecule has 12 heteroatoms. The molecule has 208 valence electrons. The van der Waals surface area contributed by atoms with Crippen molar-refractivity contribution in [2.24, 2.45) is 0 Å². The van der Waals surface area contributed by atoms with Crippen molar-refractivity contribution in [2.75, 3.05) is 7.11 Å². The number of para-hydroxylation sites is 1. The molecule has 0 bridgehead atoms. The molecule has 0 atom stereocenters. The van der Waals surface area contributed by atoms with Crippen LogP contribution in [-0.2, 0) is 6.42 Å². The summed E-state index contributed by atoms with van der Waals surface area (Å²) >= 11 is 1.03. The van der Waals surface area contributed by atoms with Crippen LogP contribution in [0.3, 0.4) is 0 Å². The van der Waals surface area contributed by atoms with E-state index in [9.17, 15) is 19.7 Å². The van der Waals surface area contributed by atoms with E-state index >= 15 is 0 Å². The number of nitrogens with zero attached hydrogens (tertiary/aromatic N) is 6. The van der Waals surface area contributed by atoms with E-state index in [1.807, 2.05) is 61.5 Å². The van der Waals surface area contributed by atoms with Gasteiger partial charge in [0, 0.05) is 29.8 Å². The van der Waals surface area contributed by atoms with E-state index in [1.54, 1.807) is 23.0 Å². The van der Waals surface area contributed by atoms with Crippen molar-refractivity contribution < 1.29 is 9.66 Å². The average molecular weight is 579 g/mol. The quantitative estimate of drug-likeness (QED) is 0.207. The van der Waals surface area contributed by atoms with E-state index in [-0.39, 0.29) is 33.0 Å². The first-order chi connectivity index (χ1) is 20.3. The predicted molar refractivity (Wildman–Crippen MR) is 158 cm³/mol. The number of benzene rings is 3. The third-order valence-electron chi connectivity index (χ3n) is 6.64. The van der Waals surface area contributed by atoms with Crippen molar-refractivity contribution in [3.05, 3.63) is 137 Å². The lowest BCUT2D eigenvalue weighted by molar-refractivity contribution is -0.385. The Bertz CT molecular complexity index is 2140. The summed E-state index contributed by atoms with van der Waals surface area (Å²) < 4.78 is 8.20. The summed E-state index contributed by atoms with van der Waals surface area (Å²) in [5.74, 6) is 0.117. The molecule has 6 rings (SSSR count). The maximum atomic E-state index is 13.4. The maximum Gasteiger partial charge on any atom is 0.311 e. The van der Waals surface area contributed by atoms with Crippen molar-refractivity contribution in [2.45, 2.75) is 13.3 Å². The summed E-state index contributed by atoms with van der Waals surface area (Å²) in [6, 6.07) is 21.6. The Morgan fingerprint density at radius 1 is 1.02 bits per heavy atom. The van der Waals surface area contributed by atoms with Gasteiger partial charge in [-0.25, -0.2) is 4.68 Å². The number of methoxy groups -OCH3 is 1. The van der Waals surface area contributed by atoms with Gasteiger partial charge in [-0.15, -0.1) is 0 Å². The Balaban J connectivity index is 1.50. The van der Waals surface area contributed by atoms with Crippen LogP contribution >= 0.6 is 11.3 Å². The van der Waals surface area contributed by atoms with Gasteiger partial charge >= 0.3 is 5.69 Å². The lowest BCUT2D eigenvalue weighted by Gasteiger charge is -2.04. The van der Waals surface area contributed by atoms with Crippen LogP contribution in [-0.4, -0.2) is 36.4 Å². The second-order valence-corrected chi connectivity index (χ2v) is 10.5. The second kappa shape index (κ2) is 10.8. The van der Waals surface area contributed by atoms with Gasteiger partial charge in [-0.05, 0) is 42.8 Å². The van der Waals surface area contributed by atoms with Crippen LogP contribution < -0.4 is 20.4 Å².